The van der Waals surface area contributed by atoms with Crippen LogP contribution >= 0.6 is 23.2 Å². The number of carbonyl (C=O) groups excluding carboxylic acids is 1. The summed E-state index contributed by atoms with van der Waals surface area (Å²) < 4.78 is 0. The van der Waals surface area contributed by atoms with E-state index in [9.17, 15) is 4.79 Å². The first-order valence-corrected chi connectivity index (χ1v) is 8.45. The van der Waals surface area contributed by atoms with Gasteiger partial charge in [-0.1, -0.05) is 41.4 Å². The number of carbonyl (C=O) groups is 1. The number of rotatable bonds is 3. The second-order valence-corrected chi connectivity index (χ2v) is 6.32. The Kier molecular flexibility index (Phi) is 5.45. The third-order valence-corrected chi connectivity index (χ3v) is 4.58. The number of halogens is 2. The van der Waals surface area contributed by atoms with Crippen LogP contribution in [-0.4, -0.2) is 37.2 Å². The molecule has 126 valence electrons. The summed E-state index contributed by atoms with van der Waals surface area (Å²) in [6, 6.07) is 15.0. The summed E-state index contributed by atoms with van der Waals surface area (Å²) in [6.45, 7) is 3.22. The molecule has 24 heavy (non-hydrogen) atoms. The molecule has 0 radical (unpaired) electrons. The van der Waals surface area contributed by atoms with Gasteiger partial charge in [-0.3, -0.25) is 5.43 Å². The molecule has 1 fully saturated rings. The second-order valence-electron chi connectivity index (χ2n) is 5.50. The molecule has 0 bridgehead atoms. The van der Waals surface area contributed by atoms with E-state index in [0.717, 1.165) is 26.2 Å². The summed E-state index contributed by atoms with van der Waals surface area (Å²) >= 11 is 11.8. The molecule has 2 aromatic rings. The van der Waals surface area contributed by atoms with E-state index >= 15 is 0 Å². The van der Waals surface area contributed by atoms with Crippen molar-refractivity contribution in [1.82, 2.24) is 10.4 Å². The standard InChI is InChI=1S/C17H18Cl2N4O/c18-15-7-6-13(12-16(15)19)20-17(24)21-23-10-8-22(9-11-23)14-4-2-1-3-5-14/h1-7,12H,8-11H2,(H2,20,21,24). The van der Waals surface area contributed by atoms with Gasteiger partial charge in [0, 0.05) is 37.6 Å². The van der Waals surface area contributed by atoms with E-state index < -0.39 is 0 Å². The number of nitrogens with zero attached hydrogens (tertiary/aromatic N) is 2. The third kappa shape index (κ3) is 4.32. The molecule has 2 amide bonds. The highest BCUT2D eigenvalue weighted by atomic mass is 35.5. The molecule has 1 heterocycles. The first kappa shape index (κ1) is 16.9. The lowest BCUT2D eigenvalue weighted by atomic mass is 10.2. The van der Waals surface area contributed by atoms with Crippen LogP contribution in [0.25, 0.3) is 0 Å². The Labute approximate surface area is 151 Å². The number of hydrogen-bond donors (Lipinski definition) is 2. The Morgan fingerprint density at radius 2 is 1.62 bits per heavy atom. The minimum atomic E-state index is -0.290. The molecule has 1 aliphatic rings. The Balaban J connectivity index is 1.49. The van der Waals surface area contributed by atoms with Crippen LogP contribution in [0, 0.1) is 0 Å². The maximum absolute atomic E-state index is 12.1. The Morgan fingerprint density at radius 3 is 2.29 bits per heavy atom. The number of hydrogen-bond acceptors (Lipinski definition) is 3. The predicted octanol–water partition coefficient (Wildman–Crippen LogP) is 3.85. The SMILES string of the molecule is O=C(Nc1ccc(Cl)c(Cl)c1)NN1CCN(c2ccccc2)CC1. The molecule has 5 nitrogen and oxygen atoms in total. The zero-order chi connectivity index (χ0) is 16.9. The van der Waals surface area contributed by atoms with Gasteiger partial charge >= 0.3 is 6.03 Å². The zero-order valence-electron chi connectivity index (χ0n) is 13.0. The van der Waals surface area contributed by atoms with Crippen LogP contribution in [0.3, 0.4) is 0 Å². The number of anilines is 2. The molecule has 2 N–H and O–H groups in total. The molecule has 7 heteroatoms. The number of amides is 2. The highest BCUT2D eigenvalue weighted by molar-refractivity contribution is 6.42. The molecule has 1 saturated heterocycles. The quantitative estimate of drug-likeness (QED) is 0.869. The van der Waals surface area contributed by atoms with Crippen molar-refractivity contribution in [2.45, 2.75) is 0 Å². The predicted molar refractivity (Wildman–Crippen MR) is 98.8 cm³/mol. The van der Waals surface area contributed by atoms with E-state index in [-0.39, 0.29) is 6.03 Å². The number of piperazine rings is 1. The fourth-order valence-corrected chi connectivity index (χ4v) is 2.89. The molecule has 0 unspecified atom stereocenters. The molecule has 0 aromatic heterocycles. The Morgan fingerprint density at radius 1 is 0.917 bits per heavy atom. The van der Waals surface area contributed by atoms with Gasteiger partial charge in [-0.2, -0.15) is 0 Å². The number of urea groups is 1. The molecule has 2 aromatic carbocycles. The van der Waals surface area contributed by atoms with E-state index in [1.807, 2.05) is 23.2 Å². The highest BCUT2D eigenvalue weighted by Crippen LogP contribution is 2.24. The second kappa shape index (κ2) is 7.75. The highest BCUT2D eigenvalue weighted by Gasteiger charge is 2.18. The number of nitrogens with one attached hydrogen (secondary N) is 2. The summed E-state index contributed by atoms with van der Waals surface area (Å²) in [7, 11) is 0. The van der Waals surface area contributed by atoms with Crippen LogP contribution in [0.4, 0.5) is 16.2 Å². The minimum Gasteiger partial charge on any atom is -0.369 e. The molecule has 0 spiro atoms. The van der Waals surface area contributed by atoms with Crippen molar-refractivity contribution < 1.29 is 4.79 Å². The first-order chi connectivity index (χ1) is 11.6. The van der Waals surface area contributed by atoms with Crippen molar-refractivity contribution in [3.63, 3.8) is 0 Å². The van der Waals surface area contributed by atoms with Gasteiger partial charge in [0.2, 0.25) is 0 Å². The van der Waals surface area contributed by atoms with Gasteiger partial charge in [0.15, 0.2) is 0 Å². The van der Waals surface area contributed by atoms with Gasteiger partial charge in [-0.25, -0.2) is 9.80 Å². The summed E-state index contributed by atoms with van der Waals surface area (Å²) in [4.78, 5) is 14.4. The smallest absolute Gasteiger partial charge is 0.333 e. The van der Waals surface area contributed by atoms with Gasteiger partial charge < -0.3 is 10.2 Å². The fraction of sp³-hybridized carbons (Fsp3) is 0.235. The fourth-order valence-electron chi connectivity index (χ4n) is 2.59. The van der Waals surface area contributed by atoms with Crippen LogP contribution in [0.1, 0.15) is 0 Å². The molecule has 0 atom stereocenters. The van der Waals surface area contributed by atoms with Crippen LogP contribution < -0.4 is 15.6 Å². The largest absolute Gasteiger partial charge is 0.369 e. The summed E-state index contributed by atoms with van der Waals surface area (Å²) in [5.74, 6) is 0. The van der Waals surface area contributed by atoms with Gasteiger partial charge in [-0.05, 0) is 30.3 Å². The summed E-state index contributed by atoms with van der Waals surface area (Å²) in [5, 5.41) is 5.53. The van der Waals surface area contributed by atoms with E-state index in [0.29, 0.717) is 15.7 Å². The average Bonchev–Trinajstić information content (AvgIpc) is 2.59. The minimum absolute atomic E-state index is 0.290. The van der Waals surface area contributed by atoms with Crippen molar-refractivity contribution in [1.29, 1.82) is 0 Å². The maximum atomic E-state index is 12.1. The van der Waals surface area contributed by atoms with Gasteiger partial charge in [0.25, 0.3) is 0 Å². The van der Waals surface area contributed by atoms with Crippen LogP contribution in [0.15, 0.2) is 48.5 Å². The third-order valence-electron chi connectivity index (χ3n) is 3.84. The molecule has 0 aliphatic carbocycles. The number of hydrazine groups is 1. The normalized spacial score (nSPS) is 15.2. The summed E-state index contributed by atoms with van der Waals surface area (Å²) in [6.07, 6.45) is 0. The van der Waals surface area contributed by atoms with Crippen molar-refractivity contribution in [2.24, 2.45) is 0 Å². The first-order valence-electron chi connectivity index (χ1n) is 7.69. The topological polar surface area (TPSA) is 47.6 Å². The van der Waals surface area contributed by atoms with Gasteiger partial charge in [0.1, 0.15) is 0 Å². The van der Waals surface area contributed by atoms with Crippen LogP contribution in [0.5, 0.6) is 0 Å². The average molecular weight is 365 g/mol. The van der Waals surface area contributed by atoms with Crippen molar-refractivity contribution in [3.05, 3.63) is 58.6 Å². The monoisotopic (exact) mass is 364 g/mol. The lowest BCUT2D eigenvalue weighted by molar-refractivity contribution is 0.178. The summed E-state index contributed by atoms with van der Waals surface area (Å²) in [5.41, 5.74) is 4.66. The maximum Gasteiger partial charge on any atom is 0.333 e. The van der Waals surface area contributed by atoms with E-state index in [4.69, 9.17) is 23.2 Å². The lowest BCUT2D eigenvalue weighted by Gasteiger charge is -2.35. The lowest BCUT2D eigenvalue weighted by Crippen LogP contribution is -2.54. The molecule has 0 saturated carbocycles. The number of para-hydroxylation sites is 1. The van der Waals surface area contributed by atoms with Crippen molar-refractivity contribution >= 4 is 40.6 Å². The van der Waals surface area contributed by atoms with Crippen molar-refractivity contribution in [2.75, 3.05) is 36.4 Å². The Bertz CT molecular complexity index is 703. The van der Waals surface area contributed by atoms with Crippen molar-refractivity contribution in [3.8, 4) is 0 Å². The molecular weight excluding hydrogens is 347 g/mol. The molecular formula is C17H18Cl2N4O. The van der Waals surface area contributed by atoms with Crippen LogP contribution in [0.2, 0.25) is 10.0 Å². The van der Waals surface area contributed by atoms with E-state index in [1.165, 1.54) is 5.69 Å². The van der Waals surface area contributed by atoms with E-state index in [1.54, 1.807) is 18.2 Å². The zero-order valence-corrected chi connectivity index (χ0v) is 14.5. The van der Waals surface area contributed by atoms with Gasteiger partial charge in [-0.15, -0.1) is 0 Å². The number of benzene rings is 2. The Hall–Kier alpha value is -1.95. The van der Waals surface area contributed by atoms with E-state index in [2.05, 4.69) is 27.8 Å². The molecule has 3 rings (SSSR count). The van der Waals surface area contributed by atoms with Crippen LogP contribution in [-0.2, 0) is 0 Å². The van der Waals surface area contributed by atoms with Gasteiger partial charge in [0.05, 0.1) is 10.0 Å². The molecule has 1 aliphatic heterocycles.